The summed E-state index contributed by atoms with van der Waals surface area (Å²) in [5.41, 5.74) is 9.06. The molecule has 17 nitrogen and oxygen atoms in total. The van der Waals surface area contributed by atoms with Crippen molar-refractivity contribution in [1.29, 1.82) is 10.5 Å². The van der Waals surface area contributed by atoms with Crippen LogP contribution in [0.5, 0.6) is 23.0 Å². The Morgan fingerprint density at radius 1 is 0.634 bits per heavy atom. The molecular weight excluding hydrogens is 1090 g/mol. The average Bonchev–Trinajstić information content (AvgIpc) is 4.29. The van der Waals surface area contributed by atoms with E-state index in [-0.39, 0.29) is 69.8 Å². The summed E-state index contributed by atoms with van der Waals surface area (Å²) in [6.45, 7) is 8.44. The zero-order valence-electron chi connectivity index (χ0n) is 46.3. The molecule has 0 bridgehead atoms. The second-order valence-corrected chi connectivity index (χ2v) is 21.5. The SMILES string of the molecule is CCCC(C(=O)O)N(Cc1cc(Cl)c(OCc2cccc(-c3cccc(COc4cc(OCc5cncc(C#N)c5)c(CN(CC5CCCO5)C(CCO)C(=O)O)cc4Cl)c3C)c2C)cc1OCc1cncc(C#N)c1)CC1CCCO1. The van der Waals surface area contributed by atoms with Gasteiger partial charge in [-0.15, -0.1) is 0 Å². The molecule has 2 aromatic heterocycles. The summed E-state index contributed by atoms with van der Waals surface area (Å²) >= 11 is 14.1. The van der Waals surface area contributed by atoms with Gasteiger partial charge in [0.1, 0.15) is 73.6 Å². The molecule has 0 spiro atoms. The number of aromatic nitrogens is 2. The van der Waals surface area contributed by atoms with Gasteiger partial charge in [0.15, 0.2) is 0 Å². The zero-order valence-corrected chi connectivity index (χ0v) is 47.8. The van der Waals surface area contributed by atoms with E-state index in [1.807, 2.05) is 49.9 Å². The van der Waals surface area contributed by atoms with E-state index >= 15 is 0 Å². The van der Waals surface area contributed by atoms with Gasteiger partial charge in [-0.3, -0.25) is 29.4 Å². The molecule has 8 rings (SSSR count). The summed E-state index contributed by atoms with van der Waals surface area (Å²) in [7, 11) is 0. The fraction of sp³-hybridized carbons (Fsp3) is 0.397. The van der Waals surface area contributed by atoms with E-state index in [1.54, 1.807) is 53.7 Å². The maximum atomic E-state index is 12.7. The van der Waals surface area contributed by atoms with Gasteiger partial charge in [-0.1, -0.05) is 72.9 Å². The minimum Gasteiger partial charge on any atom is -0.488 e. The number of halogens is 2. The van der Waals surface area contributed by atoms with E-state index in [0.29, 0.717) is 101 Å². The average molecular weight is 1160 g/mol. The molecule has 4 heterocycles. The highest BCUT2D eigenvalue weighted by Gasteiger charge is 2.32. The molecule has 6 aromatic rings. The third kappa shape index (κ3) is 16.0. The lowest BCUT2D eigenvalue weighted by atomic mass is 9.92. The van der Waals surface area contributed by atoms with Gasteiger partial charge in [0, 0.05) is 105 Å². The molecule has 82 heavy (non-hydrogen) atoms. The molecule has 0 amide bonds. The van der Waals surface area contributed by atoms with Crippen LogP contribution in [0.4, 0.5) is 0 Å². The molecule has 430 valence electrons. The highest BCUT2D eigenvalue weighted by molar-refractivity contribution is 6.32. The van der Waals surface area contributed by atoms with Gasteiger partial charge in [-0.05, 0) is 110 Å². The number of rotatable bonds is 29. The second-order valence-electron chi connectivity index (χ2n) is 20.6. The van der Waals surface area contributed by atoms with Crippen molar-refractivity contribution < 1.29 is 53.3 Å². The number of carbonyl (C=O) groups is 2. The number of carboxylic acids is 2. The lowest BCUT2D eigenvalue weighted by molar-refractivity contribution is -0.145. The maximum Gasteiger partial charge on any atom is 0.321 e. The van der Waals surface area contributed by atoms with Crippen LogP contribution in [0.1, 0.15) is 108 Å². The van der Waals surface area contributed by atoms with E-state index in [9.17, 15) is 35.4 Å². The van der Waals surface area contributed by atoms with E-state index in [4.69, 9.17) is 51.6 Å². The van der Waals surface area contributed by atoms with E-state index in [1.165, 1.54) is 12.4 Å². The van der Waals surface area contributed by atoms with Crippen molar-refractivity contribution in [1.82, 2.24) is 19.8 Å². The van der Waals surface area contributed by atoms with Gasteiger partial charge in [-0.2, -0.15) is 10.5 Å². The molecule has 2 saturated heterocycles. The lowest BCUT2D eigenvalue weighted by Gasteiger charge is -2.31. The largest absolute Gasteiger partial charge is 0.488 e. The van der Waals surface area contributed by atoms with Crippen LogP contribution in [0, 0.1) is 36.5 Å². The van der Waals surface area contributed by atoms with Gasteiger partial charge < -0.3 is 43.7 Å². The third-order valence-electron chi connectivity index (χ3n) is 14.9. The molecular formula is C63H68Cl2N6O11. The second kappa shape index (κ2) is 29.6. The topological polar surface area (TPSA) is 230 Å². The van der Waals surface area contributed by atoms with Crippen LogP contribution >= 0.6 is 23.2 Å². The van der Waals surface area contributed by atoms with Crippen molar-refractivity contribution in [3.63, 3.8) is 0 Å². The first-order chi connectivity index (χ1) is 39.7. The van der Waals surface area contributed by atoms with Crippen molar-refractivity contribution in [2.24, 2.45) is 0 Å². The van der Waals surface area contributed by atoms with Crippen molar-refractivity contribution in [3.05, 3.63) is 163 Å². The maximum absolute atomic E-state index is 12.7. The summed E-state index contributed by atoms with van der Waals surface area (Å²) in [5.74, 6) is -0.444. The molecule has 2 aliphatic heterocycles. The summed E-state index contributed by atoms with van der Waals surface area (Å²) in [6, 6.07) is 24.8. The zero-order chi connectivity index (χ0) is 58.1. The minimum atomic E-state index is -1.07. The number of ether oxygens (including phenoxy) is 6. The Morgan fingerprint density at radius 3 is 1.46 bits per heavy atom. The van der Waals surface area contributed by atoms with Crippen molar-refractivity contribution >= 4 is 35.1 Å². The number of nitrogens with zero attached hydrogens (tertiary/aromatic N) is 6. The van der Waals surface area contributed by atoms with Crippen LogP contribution in [0.3, 0.4) is 0 Å². The summed E-state index contributed by atoms with van der Waals surface area (Å²) < 4.78 is 37.8. The molecule has 0 radical (unpaired) electrons. The standard InChI is InChI=1S/C63H68Cl2N6O11/c1-4-9-56(62(73)74)70(34-50-12-7-18-77-50)32-48-22-54(64)60(24-58(48)79-36-44-20-42(26-66)28-68-30-44)81-38-46-10-5-14-52(40(46)2)53-15-6-11-47(41(53)3)39-82-61-25-59(80-37-45-21-43(27-67)29-69-31-45)49(23-55(61)65)33-71(35-51-13-8-19-78-51)57(16-17-72)63(75)76/h5-6,10-11,14-15,20-25,28-31,50-51,56-57,72H,4,7-9,12-13,16-19,32-39H2,1-3H3,(H,73,74)(H,75,76). The van der Waals surface area contributed by atoms with Gasteiger partial charge in [0.25, 0.3) is 0 Å². The number of hydrogen-bond donors (Lipinski definition) is 3. The first-order valence-corrected chi connectivity index (χ1v) is 28.3. The molecule has 4 aromatic carbocycles. The lowest BCUT2D eigenvalue weighted by Crippen LogP contribution is -2.45. The Bertz CT molecular complexity index is 3050. The monoisotopic (exact) mass is 1150 g/mol. The number of nitriles is 2. The minimum absolute atomic E-state index is 0.00750. The summed E-state index contributed by atoms with van der Waals surface area (Å²) in [6.07, 6.45) is 10.4. The molecule has 2 fully saturated rings. The number of aliphatic hydroxyl groups is 1. The van der Waals surface area contributed by atoms with Crippen molar-refractivity contribution in [2.45, 2.75) is 130 Å². The van der Waals surface area contributed by atoms with Crippen LogP contribution in [-0.2, 0) is 58.6 Å². The van der Waals surface area contributed by atoms with Gasteiger partial charge in [0.05, 0.1) is 33.4 Å². The highest BCUT2D eigenvalue weighted by Crippen LogP contribution is 2.39. The Kier molecular flexibility index (Phi) is 21.9. The van der Waals surface area contributed by atoms with E-state index < -0.39 is 24.0 Å². The molecule has 19 heteroatoms. The predicted molar refractivity (Wildman–Crippen MR) is 308 cm³/mol. The van der Waals surface area contributed by atoms with E-state index in [2.05, 4.69) is 34.2 Å². The van der Waals surface area contributed by atoms with Crippen LogP contribution in [-0.4, -0.2) is 104 Å². The van der Waals surface area contributed by atoms with Gasteiger partial charge >= 0.3 is 11.9 Å². The third-order valence-corrected chi connectivity index (χ3v) is 15.5. The summed E-state index contributed by atoms with van der Waals surface area (Å²) in [5, 5.41) is 50.3. The molecule has 3 N–H and O–H groups in total. The van der Waals surface area contributed by atoms with Crippen molar-refractivity contribution in [2.75, 3.05) is 32.9 Å². The molecule has 4 atom stereocenters. The predicted octanol–water partition coefficient (Wildman–Crippen LogP) is 11.2. The smallest absolute Gasteiger partial charge is 0.321 e. The van der Waals surface area contributed by atoms with Gasteiger partial charge in [0.2, 0.25) is 0 Å². The number of carboxylic acid groups (broad SMARTS) is 2. The summed E-state index contributed by atoms with van der Waals surface area (Å²) in [4.78, 5) is 37.4. The number of aliphatic carboxylic acids is 2. The number of pyridine rings is 2. The van der Waals surface area contributed by atoms with Crippen LogP contribution in [0.2, 0.25) is 10.0 Å². The van der Waals surface area contributed by atoms with E-state index in [0.717, 1.165) is 59.1 Å². The van der Waals surface area contributed by atoms with Crippen LogP contribution in [0.25, 0.3) is 11.1 Å². The number of aliphatic hydroxyl groups excluding tert-OH is 1. The first-order valence-electron chi connectivity index (χ1n) is 27.5. The number of hydrogen-bond acceptors (Lipinski definition) is 15. The fourth-order valence-corrected chi connectivity index (χ4v) is 11.0. The highest BCUT2D eigenvalue weighted by atomic mass is 35.5. The molecule has 0 aliphatic carbocycles. The Morgan fingerprint density at radius 2 is 1.07 bits per heavy atom. The molecule has 2 aliphatic rings. The van der Waals surface area contributed by atoms with Crippen LogP contribution in [0.15, 0.2) is 97.6 Å². The first kappa shape index (κ1) is 60.8. The van der Waals surface area contributed by atoms with Gasteiger partial charge in [-0.25, -0.2) is 0 Å². The molecule has 4 unspecified atom stereocenters. The fourth-order valence-electron chi connectivity index (χ4n) is 10.5. The number of benzene rings is 4. The van der Waals surface area contributed by atoms with Crippen molar-refractivity contribution in [3.8, 4) is 46.3 Å². The normalized spacial score (nSPS) is 15.7. The van der Waals surface area contributed by atoms with Crippen LogP contribution < -0.4 is 18.9 Å². The molecule has 0 saturated carbocycles. The quantitative estimate of drug-likeness (QED) is 0.0396. The Balaban J connectivity index is 1.03. The Labute approximate surface area is 488 Å². The Hall–Kier alpha value is -7.32.